The second-order valence-electron chi connectivity index (χ2n) is 9.87. The molecule has 0 unspecified atom stereocenters. The first-order valence-corrected chi connectivity index (χ1v) is 14.0. The maximum absolute atomic E-state index is 6.26. The van der Waals surface area contributed by atoms with Crippen LogP contribution in [0, 0.1) is 0 Å². The van der Waals surface area contributed by atoms with Gasteiger partial charge >= 0.3 is 0 Å². The van der Waals surface area contributed by atoms with Crippen molar-refractivity contribution < 1.29 is 9.47 Å². The highest BCUT2D eigenvalue weighted by molar-refractivity contribution is 8.00. The second kappa shape index (κ2) is 12.5. The Morgan fingerprint density at radius 2 is 1.74 bits per heavy atom. The van der Waals surface area contributed by atoms with Crippen molar-refractivity contribution in [3.63, 3.8) is 0 Å². The van der Waals surface area contributed by atoms with Gasteiger partial charge in [0.05, 0.1) is 29.5 Å². The van der Waals surface area contributed by atoms with Crippen molar-refractivity contribution in [3.8, 4) is 22.9 Å². The highest BCUT2D eigenvalue weighted by Gasteiger charge is 2.16. The molecule has 0 spiro atoms. The van der Waals surface area contributed by atoms with E-state index >= 15 is 0 Å². The molecule has 2 aromatic carbocycles. The Labute approximate surface area is 234 Å². The number of hydrogen-bond donors (Lipinski definition) is 1. The summed E-state index contributed by atoms with van der Waals surface area (Å²) in [6.45, 7) is 8.74. The molecule has 3 heterocycles. The summed E-state index contributed by atoms with van der Waals surface area (Å²) in [6.07, 6.45) is 3.85. The molecule has 0 aliphatic carbocycles. The zero-order chi connectivity index (χ0) is 27.2. The van der Waals surface area contributed by atoms with Crippen LogP contribution in [0.3, 0.4) is 0 Å². The molecular weight excluding hydrogens is 510 g/mol. The van der Waals surface area contributed by atoms with Crippen molar-refractivity contribution in [2.75, 3.05) is 42.8 Å². The molecule has 39 heavy (non-hydrogen) atoms. The van der Waals surface area contributed by atoms with Gasteiger partial charge in [-0.25, -0.2) is 4.98 Å². The number of piperazine rings is 1. The van der Waals surface area contributed by atoms with E-state index < -0.39 is 0 Å². The fraction of sp³-hybridized carbons (Fsp3) is 0.345. The van der Waals surface area contributed by atoms with Crippen molar-refractivity contribution >= 4 is 23.6 Å². The third-order valence-corrected chi connectivity index (χ3v) is 7.17. The Hall–Kier alpha value is -3.60. The molecule has 1 saturated heterocycles. The van der Waals surface area contributed by atoms with Crippen LogP contribution in [0.2, 0.25) is 0 Å². The summed E-state index contributed by atoms with van der Waals surface area (Å²) >= 11 is 1.40. The average molecular weight is 546 g/mol. The summed E-state index contributed by atoms with van der Waals surface area (Å²) < 4.78 is 17.2. The van der Waals surface area contributed by atoms with Crippen LogP contribution < -0.4 is 14.4 Å². The first kappa shape index (κ1) is 27.0. The van der Waals surface area contributed by atoms with Crippen LogP contribution in [0.5, 0.6) is 11.6 Å². The lowest BCUT2D eigenvalue weighted by Crippen LogP contribution is -2.44. The third-order valence-electron chi connectivity index (χ3n) is 6.44. The number of aryl methyl sites for hydroxylation is 1. The minimum absolute atomic E-state index is 0.129. The van der Waals surface area contributed by atoms with E-state index in [1.54, 1.807) is 10.9 Å². The minimum atomic E-state index is 0.129. The smallest absolute Gasteiger partial charge is 0.237 e. The van der Waals surface area contributed by atoms with Gasteiger partial charge in [0.15, 0.2) is 0 Å². The summed E-state index contributed by atoms with van der Waals surface area (Å²) in [5.41, 5.74) is 3.99. The number of aromatic nitrogens is 4. The molecule has 0 amide bonds. The molecule has 1 fully saturated rings. The predicted octanol–water partition coefficient (Wildman–Crippen LogP) is 5.47. The van der Waals surface area contributed by atoms with Crippen molar-refractivity contribution in [1.82, 2.24) is 24.6 Å². The second-order valence-corrected chi connectivity index (χ2v) is 10.8. The van der Waals surface area contributed by atoms with E-state index in [4.69, 9.17) is 14.5 Å². The van der Waals surface area contributed by atoms with E-state index in [-0.39, 0.29) is 6.10 Å². The molecule has 2 aromatic heterocycles. The first-order valence-electron chi connectivity index (χ1n) is 13.1. The normalized spacial score (nSPS) is 14.1. The SMILES string of the molecule is CC(C)OCc1ccccc1-c1cc(Oc2ccc(N3CCN(C)CC3)cc2)nc(NSc2cnn(C)c2)n1. The van der Waals surface area contributed by atoms with E-state index in [1.807, 2.05) is 63.5 Å². The van der Waals surface area contributed by atoms with Gasteiger partial charge in [-0.3, -0.25) is 9.40 Å². The number of hydrogen-bond acceptors (Lipinski definition) is 9. The monoisotopic (exact) mass is 545 g/mol. The van der Waals surface area contributed by atoms with E-state index in [2.05, 4.69) is 49.9 Å². The predicted molar refractivity (Wildman–Crippen MR) is 156 cm³/mol. The fourth-order valence-corrected chi connectivity index (χ4v) is 4.89. The Bertz CT molecular complexity index is 1370. The molecule has 204 valence electrons. The summed E-state index contributed by atoms with van der Waals surface area (Å²) in [6, 6.07) is 18.2. The van der Waals surface area contributed by atoms with Gasteiger partial charge < -0.3 is 19.3 Å². The van der Waals surface area contributed by atoms with Crippen LogP contribution in [0.1, 0.15) is 19.4 Å². The van der Waals surface area contributed by atoms with Gasteiger partial charge in [0.25, 0.3) is 0 Å². The van der Waals surface area contributed by atoms with E-state index in [1.165, 1.54) is 17.6 Å². The topological polar surface area (TPSA) is 80.6 Å². The summed E-state index contributed by atoms with van der Waals surface area (Å²) in [7, 11) is 4.05. The quantitative estimate of drug-likeness (QED) is 0.261. The molecule has 1 aliphatic heterocycles. The highest BCUT2D eigenvalue weighted by Crippen LogP contribution is 2.31. The van der Waals surface area contributed by atoms with Gasteiger partial charge in [0, 0.05) is 56.7 Å². The van der Waals surface area contributed by atoms with Crippen molar-refractivity contribution in [2.45, 2.75) is 31.5 Å². The number of anilines is 2. The lowest BCUT2D eigenvalue weighted by Gasteiger charge is -2.34. The Morgan fingerprint density at radius 3 is 2.46 bits per heavy atom. The molecule has 0 radical (unpaired) electrons. The molecule has 1 N–H and O–H groups in total. The van der Waals surface area contributed by atoms with E-state index in [9.17, 15) is 0 Å². The molecule has 10 heteroatoms. The number of ether oxygens (including phenoxy) is 2. The zero-order valence-electron chi connectivity index (χ0n) is 22.9. The summed E-state index contributed by atoms with van der Waals surface area (Å²) in [5, 5.41) is 4.23. The maximum atomic E-state index is 6.26. The van der Waals surface area contributed by atoms with Crippen LogP contribution in [0.4, 0.5) is 11.6 Å². The highest BCUT2D eigenvalue weighted by atomic mass is 32.2. The van der Waals surface area contributed by atoms with Crippen molar-refractivity contribution in [3.05, 3.63) is 72.6 Å². The molecule has 1 aliphatic rings. The number of nitrogens with one attached hydrogen (secondary N) is 1. The lowest BCUT2D eigenvalue weighted by molar-refractivity contribution is 0.0659. The fourth-order valence-electron chi connectivity index (χ4n) is 4.28. The molecule has 0 atom stereocenters. The van der Waals surface area contributed by atoms with Crippen LogP contribution in [-0.4, -0.2) is 64.0 Å². The van der Waals surface area contributed by atoms with Gasteiger partial charge in [-0.1, -0.05) is 24.3 Å². The van der Waals surface area contributed by atoms with Crippen LogP contribution in [-0.2, 0) is 18.4 Å². The van der Waals surface area contributed by atoms with E-state index in [0.29, 0.717) is 18.4 Å². The van der Waals surface area contributed by atoms with Gasteiger partial charge in [-0.2, -0.15) is 10.1 Å². The number of likely N-dealkylation sites (N-methyl/N-ethyl adjacent to an activating group) is 1. The van der Waals surface area contributed by atoms with Gasteiger partial charge in [0.2, 0.25) is 11.8 Å². The lowest BCUT2D eigenvalue weighted by atomic mass is 10.0. The molecular formula is C29H35N7O2S. The number of benzene rings is 2. The van der Waals surface area contributed by atoms with Gasteiger partial charge in [0.1, 0.15) is 5.75 Å². The maximum Gasteiger partial charge on any atom is 0.237 e. The van der Waals surface area contributed by atoms with Crippen LogP contribution in [0.15, 0.2) is 71.9 Å². The third kappa shape index (κ3) is 7.29. The van der Waals surface area contributed by atoms with E-state index in [0.717, 1.165) is 53.6 Å². The molecule has 5 rings (SSSR count). The van der Waals surface area contributed by atoms with Crippen molar-refractivity contribution in [1.29, 1.82) is 0 Å². The number of nitrogens with zero attached hydrogens (tertiary/aromatic N) is 6. The van der Waals surface area contributed by atoms with Crippen molar-refractivity contribution in [2.24, 2.45) is 7.05 Å². The minimum Gasteiger partial charge on any atom is -0.439 e. The Balaban J connectivity index is 1.40. The van der Waals surface area contributed by atoms with Gasteiger partial charge in [-0.15, -0.1) is 0 Å². The first-order chi connectivity index (χ1) is 18.9. The average Bonchev–Trinajstić information content (AvgIpc) is 3.36. The molecule has 4 aromatic rings. The molecule has 0 saturated carbocycles. The summed E-state index contributed by atoms with van der Waals surface area (Å²) in [4.78, 5) is 15.2. The summed E-state index contributed by atoms with van der Waals surface area (Å²) in [5.74, 6) is 1.63. The van der Waals surface area contributed by atoms with Crippen LogP contribution >= 0.6 is 11.9 Å². The Morgan fingerprint density at radius 1 is 0.974 bits per heavy atom. The standard InChI is InChI=1S/C29H35N7O2S/c1-21(2)37-20-22-7-5-6-8-26(22)27-17-28(32-29(31-27)33-39-25-18-30-35(4)19-25)38-24-11-9-23(10-12-24)36-15-13-34(3)14-16-36/h5-12,17-19,21H,13-16,20H2,1-4H3,(H,31,32,33). The van der Waals surface area contributed by atoms with Crippen LogP contribution in [0.25, 0.3) is 11.3 Å². The Kier molecular flexibility index (Phi) is 8.65. The van der Waals surface area contributed by atoms with Gasteiger partial charge in [-0.05, 0) is 62.7 Å². The number of rotatable bonds is 10. The molecule has 0 bridgehead atoms. The molecule has 9 nitrogen and oxygen atoms in total. The zero-order valence-corrected chi connectivity index (χ0v) is 23.7. The largest absolute Gasteiger partial charge is 0.439 e.